The highest BCUT2D eigenvalue weighted by molar-refractivity contribution is 5.93. The molecule has 0 unspecified atom stereocenters. The Morgan fingerprint density at radius 1 is 1.14 bits per heavy atom. The SMILES string of the molecule is COc1ccc(CNc2cccc(C(N)=O)c2)c(OC)c1. The molecule has 1 amide bonds. The van der Waals surface area contributed by atoms with Crippen LogP contribution >= 0.6 is 0 Å². The van der Waals surface area contributed by atoms with Gasteiger partial charge in [0.2, 0.25) is 5.91 Å². The summed E-state index contributed by atoms with van der Waals surface area (Å²) in [5, 5.41) is 3.24. The summed E-state index contributed by atoms with van der Waals surface area (Å²) in [6.45, 7) is 0.565. The Labute approximate surface area is 123 Å². The Hall–Kier alpha value is -2.69. The van der Waals surface area contributed by atoms with Crippen molar-refractivity contribution in [3.05, 3.63) is 53.6 Å². The van der Waals surface area contributed by atoms with Crippen molar-refractivity contribution in [3.63, 3.8) is 0 Å². The number of nitrogens with one attached hydrogen (secondary N) is 1. The molecule has 0 heterocycles. The number of hydrogen-bond donors (Lipinski definition) is 2. The lowest BCUT2D eigenvalue weighted by molar-refractivity contribution is 0.100. The standard InChI is InChI=1S/C16H18N2O3/c1-20-14-7-6-12(15(9-14)21-2)10-18-13-5-3-4-11(8-13)16(17)19/h3-9,18H,10H2,1-2H3,(H2,17,19). The molecule has 0 saturated carbocycles. The van der Waals surface area contributed by atoms with Gasteiger partial charge in [0, 0.05) is 29.4 Å². The predicted octanol–water partition coefficient (Wildman–Crippen LogP) is 2.41. The first-order chi connectivity index (χ1) is 10.1. The fourth-order valence-electron chi connectivity index (χ4n) is 1.98. The van der Waals surface area contributed by atoms with Crippen molar-refractivity contribution < 1.29 is 14.3 Å². The molecule has 0 aliphatic carbocycles. The molecule has 0 saturated heterocycles. The van der Waals surface area contributed by atoms with Gasteiger partial charge in [0.05, 0.1) is 14.2 Å². The molecule has 2 aromatic carbocycles. The number of carbonyl (C=O) groups is 1. The van der Waals surface area contributed by atoms with Gasteiger partial charge in [-0.2, -0.15) is 0 Å². The van der Waals surface area contributed by atoms with E-state index >= 15 is 0 Å². The molecule has 2 aromatic rings. The molecule has 0 bridgehead atoms. The van der Waals surface area contributed by atoms with Crippen LogP contribution in [0.25, 0.3) is 0 Å². The van der Waals surface area contributed by atoms with Crippen molar-refractivity contribution in [2.24, 2.45) is 5.73 Å². The van der Waals surface area contributed by atoms with Crippen LogP contribution in [0.4, 0.5) is 5.69 Å². The van der Waals surface area contributed by atoms with Crippen molar-refractivity contribution in [1.29, 1.82) is 0 Å². The maximum atomic E-state index is 11.2. The third-order valence-electron chi connectivity index (χ3n) is 3.12. The van der Waals surface area contributed by atoms with E-state index in [2.05, 4.69) is 5.32 Å². The monoisotopic (exact) mass is 286 g/mol. The molecule has 0 spiro atoms. The molecular weight excluding hydrogens is 268 g/mol. The average Bonchev–Trinajstić information content (AvgIpc) is 2.53. The molecule has 5 nitrogen and oxygen atoms in total. The normalized spacial score (nSPS) is 10.0. The number of anilines is 1. The number of amides is 1. The topological polar surface area (TPSA) is 73.6 Å². The summed E-state index contributed by atoms with van der Waals surface area (Å²) < 4.78 is 10.5. The minimum absolute atomic E-state index is 0.444. The van der Waals surface area contributed by atoms with Gasteiger partial charge in [-0.05, 0) is 30.3 Å². The van der Waals surface area contributed by atoms with Crippen LogP contribution < -0.4 is 20.5 Å². The van der Waals surface area contributed by atoms with Gasteiger partial charge in [0.1, 0.15) is 11.5 Å². The quantitative estimate of drug-likeness (QED) is 0.855. The van der Waals surface area contributed by atoms with Gasteiger partial charge in [-0.15, -0.1) is 0 Å². The number of nitrogens with two attached hydrogens (primary N) is 1. The van der Waals surface area contributed by atoms with E-state index in [4.69, 9.17) is 15.2 Å². The summed E-state index contributed by atoms with van der Waals surface area (Å²) in [4.78, 5) is 11.2. The van der Waals surface area contributed by atoms with E-state index in [1.807, 2.05) is 24.3 Å². The van der Waals surface area contributed by atoms with Gasteiger partial charge >= 0.3 is 0 Å². The lowest BCUT2D eigenvalue weighted by Crippen LogP contribution is -2.11. The van der Waals surface area contributed by atoms with Gasteiger partial charge in [0.25, 0.3) is 0 Å². The van der Waals surface area contributed by atoms with Crippen LogP contribution in [-0.2, 0) is 6.54 Å². The molecule has 110 valence electrons. The minimum atomic E-state index is -0.444. The van der Waals surface area contributed by atoms with E-state index in [1.165, 1.54) is 0 Å². The Balaban J connectivity index is 2.12. The molecule has 0 aromatic heterocycles. The summed E-state index contributed by atoms with van der Waals surface area (Å²) in [6, 6.07) is 12.7. The predicted molar refractivity (Wildman–Crippen MR) is 81.8 cm³/mol. The summed E-state index contributed by atoms with van der Waals surface area (Å²) in [5.41, 5.74) is 7.55. The Morgan fingerprint density at radius 3 is 2.62 bits per heavy atom. The van der Waals surface area contributed by atoms with Crippen molar-refractivity contribution in [1.82, 2.24) is 0 Å². The van der Waals surface area contributed by atoms with Crippen molar-refractivity contribution in [2.75, 3.05) is 19.5 Å². The molecule has 0 fully saturated rings. The number of methoxy groups -OCH3 is 2. The first kappa shape index (κ1) is 14.7. The minimum Gasteiger partial charge on any atom is -0.497 e. The second kappa shape index (κ2) is 6.65. The van der Waals surface area contributed by atoms with E-state index in [0.717, 1.165) is 22.7 Å². The first-order valence-electron chi connectivity index (χ1n) is 6.48. The fraction of sp³-hybridized carbons (Fsp3) is 0.188. The number of primary amides is 1. The number of carbonyl (C=O) groups excluding carboxylic acids is 1. The number of benzene rings is 2. The van der Waals surface area contributed by atoms with E-state index in [1.54, 1.807) is 32.4 Å². The third kappa shape index (κ3) is 3.66. The highest BCUT2D eigenvalue weighted by Crippen LogP contribution is 2.25. The highest BCUT2D eigenvalue weighted by atomic mass is 16.5. The molecule has 0 atom stereocenters. The highest BCUT2D eigenvalue weighted by Gasteiger charge is 2.06. The summed E-state index contributed by atoms with van der Waals surface area (Å²) in [5.74, 6) is 1.04. The van der Waals surface area contributed by atoms with Gasteiger partial charge in [-0.1, -0.05) is 6.07 Å². The molecular formula is C16H18N2O3. The summed E-state index contributed by atoms with van der Waals surface area (Å²) in [7, 11) is 3.23. The average molecular weight is 286 g/mol. The molecule has 0 aliphatic rings. The Bertz CT molecular complexity index is 641. The maximum absolute atomic E-state index is 11.2. The van der Waals surface area contributed by atoms with E-state index < -0.39 is 5.91 Å². The first-order valence-corrected chi connectivity index (χ1v) is 6.48. The van der Waals surface area contributed by atoms with Gasteiger partial charge in [-0.3, -0.25) is 4.79 Å². The van der Waals surface area contributed by atoms with Crippen molar-refractivity contribution in [3.8, 4) is 11.5 Å². The maximum Gasteiger partial charge on any atom is 0.248 e. The molecule has 0 aliphatic heterocycles. The van der Waals surface area contributed by atoms with E-state index in [-0.39, 0.29) is 0 Å². The molecule has 0 radical (unpaired) electrons. The van der Waals surface area contributed by atoms with Crippen LogP contribution in [0.5, 0.6) is 11.5 Å². The zero-order valence-corrected chi connectivity index (χ0v) is 12.1. The smallest absolute Gasteiger partial charge is 0.248 e. The fourth-order valence-corrected chi connectivity index (χ4v) is 1.98. The largest absolute Gasteiger partial charge is 0.497 e. The summed E-state index contributed by atoms with van der Waals surface area (Å²) in [6.07, 6.45) is 0. The Kier molecular flexibility index (Phi) is 4.66. The number of hydrogen-bond acceptors (Lipinski definition) is 4. The van der Waals surface area contributed by atoms with Crippen molar-refractivity contribution >= 4 is 11.6 Å². The van der Waals surface area contributed by atoms with Gasteiger partial charge < -0.3 is 20.5 Å². The zero-order valence-electron chi connectivity index (χ0n) is 12.1. The van der Waals surface area contributed by atoms with Crippen LogP contribution in [0.3, 0.4) is 0 Å². The second-order valence-electron chi connectivity index (χ2n) is 4.48. The molecule has 2 rings (SSSR count). The lowest BCUT2D eigenvalue weighted by Gasteiger charge is -2.12. The molecule has 3 N–H and O–H groups in total. The van der Waals surface area contributed by atoms with Crippen LogP contribution in [0, 0.1) is 0 Å². The third-order valence-corrected chi connectivity index (χ3v) is 3.12. The second-order valence-corrected chi connectivity index (χ2v) is 4.48. The molecule has 5 heteroatoms. The Morgan fingerprint density at radius 2 is 1.95 bits per heavy atom. The molecule has 21 heavy (non-hydrogen) atoms. The number of ether oxygens (including phenoxy) is 2. The van der Waals surface area contributed by atoms with Crippen LogP contribution in [0.2, 0.25) is 0 Å². The zero-order chi connectivity index (χ0) is 15.2. The lowest BCUT2D eigenvalue weighted by atomic mass is 10.1. The van der Waals surface area contributed by atoms with E-state index in [9.17, 15) is 4.79 Å². The van der Waals surface area contributed by atoms with Gasteiger partial charge in [-0.25, -0.2) is 0 Å². The van der Waals surface area contributed by atoms with Crippen LogP contribution in [0.1, 0.15) is 15.9 Å². The van der Waals surface area contributed by atoms with Crippen molar-refractivity contribution in [2.45, 2.75) is 6.54 Å². The summed E-state index contributed by atoms with van der Waals surface area (Å²) >= 11 is 0. The van der Waals surface area contributed by atoms with Gasteiger partial charge in [0.15, 0.2) is 0 Å². The number of rotatable bonds is 6. The van der Waals surface area contributed by atoms with E-state index in [0.29, 0.717) is 12.1 Å². The van der Waals surface area contributed by atoms with Crippen LogP contribution in [-0.4, -0.2) is 20.1 Å². The van der Waals surface area contributed by atoms with Crippen LogP contribution in [0.15, 0.2) is 42.5 Å².